The number of aromatic nitrogens is 1. The lowest BCUT2D eigenvalue weighted by atomic mass is 9.96. The summed E-state index contributed by atoms with van der Waals surface area (Å²) in [6.07, 6.45) is 4.63. The first-order valence-corrected chi connectivity index (χ1v) is 10.8. The van der Waals surface area contributed by atoms with Gasteiger partial charge in [-0.1, -0.05) is 18.2 Å². The first-order valence-electron chi connectivity index (χ1n) is 9.00. The van der Waals surface area contributed by atoms with Crippen LogP contribution in [0.25, 0.3) is 21.9 Å². The molecule has 1 saturated heterocycles. The molecule has 1 aromatic heterocycles. The van der Waals surface area contributed by atoms with Crippen LogP contribution in [0.3, 0.4) is 0 Å². The van der Waals surface area contributed by atoms with E-state index in [0.29, 0.717) is 5.56 Å². The monoisotopic (exact) mass is 378 g/mol. The maximum absolute atomic E-state index is 12.6. The second-order valence-corrected chi connectivity index (χ2v) is 9.35. The van der Waals surface area contributed by atoms with E-state index in [1.165, 1.54) is 0 Å². The van der Waals surface area contributed by atoms with Crippen LogP contribution in [0.4, 0.5) is 0 Å². The molecular formula is C21H18N2O3S. The molecule has 0 aliphatic carbocycles. The molecule has 3 aromatic rings. The van der Waals surface area contributed by atoms with Crippen molar-refractivity contribution in [3.05, 3.63) is 65.5 Å². The van der Waals surface area contributed by atoms with E-state index >= 15 is 0 Å². The SMILES string of the molecule is O=C(c1ccc2cncc(-c3ccc4c(c3)CS(=O)(=O)C4)c2c1)N1CCC1. The fraction of sp³-hybridized carbons (Fsp3) is 0.238. The highest BCUT2D eigenvalue weighted by Gasteiger charge is 2.25. The van der Waals surface area contributed by atoms with Gasteiger partial charge < -0.3 is 4.90 Å². The lowest BCUT2D eigenvalue weighted by molar-refractivity contribution is 0.0652. The van der Waals surface area contributed by atoms with E-state index in [-0.39, 0.29) is 17.4 Å². The smallest absolute Gasteiger partial charge is 0.253 e. The van der Waals surface area contributed by atoms with Gasteiger partial charge in [0.15, 0.2) is 9.84 Å². The Hall–Kier alpha value is -2.73. The molecule has 136 valence electrons. The van der Waals surface area contributed by atoms with Crippen molar-refractivity contribution in [3.8, 4) is 11.1 Å². The molecule has 3 heterocycles. The number of hydrogen-bond donors (Lipinski definition) is 0. The van der Waals surface area contributed by atoms with E-state index < -0.39 is 9.84 Å². The van der Waals surface area contributed by atoms with Gasteiger partial charge in [0.05, 0.1) is 11.5 Å². The molecule has 2 aliphatic heterocycles. The number of sulfone groups is 1. The average molecular weight is 378 g/mol. The Kier molecular flexibility index (Phi) is 3.59. The number of benzene rings is 2. The zero-order chi connectivity index (χ0) is 18.6. The average Bonchev–Trinajstić information content (AvgIpc) is 2.92. The summed E-state index contributed by atoms with van der Waals surface area (Å²) in [5, 5.41) is 1.91. The van der Waals surface area contributed by atoms with E-state index in [9.17, 15) is 13.2 Å². The summed E-state index contributed by atoms with van der Waals surface area (Å²) in [6, 6.07) is 11.5. The first kappa shape index (κ1) is 16.4. The molecule has 0 radical (unpaired) electrons. The molecule has 2 aromatic carbocycles. The lowest BCUT2D eigenvalue weighted by Crippen LogP contribution is -2.41. The Morgan fingerprint density at radius 1 is 0.963 bits per heavy atom. The third-order valence-electron chi connectivity index (χ3n) is 5.42. The summed E-state index contributed by atoms with van der Waals surface area (Å²) >= 11 is 0. The van der Waals surface area contributed by atoms with Gasteiger partial charge >= 0.3 is 0 Å². The molecule has 0 atom stereocenters. The highest BCUT2D eigenvalue weighted by molar-refractivity contribution is 7.90. The summed E-state index contributed by atoms with van der Waals surface area (Å²) in [5.74, 6) is 0.267. The molecule has 1 fully saturated rings. The minimum Gasteiger partial charge on any atom is -0.339 e. The number of carbonyl (C=O) groups excluding carboxylic acids is 1. The van der Waals surface area contributed by atoms with E-state index in [1.54, 1.807) is 12.4 Å². The van der Waals surface area contributed by atoms with Gasteiger partial charge in [0.1, 0.15) is 0 Å². The summed E-state index contributed by atoms with van der Waals surface area (Å²) in [6.45, 7) is 1.64. The van der Waals surface area contributed by atoms with Crippen LogP contribution in [0.2, 0.25) is 0 Å². The van der Waals surface area contributed by atoms with Crippen LogP contribution < -0.4 is 0 Å². The third-order valence-corrected chi connectivity index (χ3v) is 6.92. The standard InChI is InChI=1S/C21H18N2O3S/c24-21(23-6-1-7-23)15-3-4-16-10-22-11-20(19(16)9-15)14-2-5-17-12-27(25,26)13-18(17)8-14/h2-5,8-11H,1,6-7,12-13H2. The van der Waals surface area contributed by atoms with Crippen molar-refractivity contribution in [1.29, 1.82) is 0 Å². The third kappa shape index (κ3) is 2.80. The maximum Gasteiger partial charge on any atom is 0.253 e. The van der Waals surface area contributed by atoms with Gasteiger partial charge in [0.2, 0.25) is 0 Å². The molecular weight excluding hydrogens is 360 g/mol. The van der Waals surface area contributed by atoms with Gasteiger partial charge in [-0.2, -0.15) is 0 Å². The highest BCUT2D eigenvalue weighted by atomic mass is 32.2. The molecule has 0 spiro atoms. The van der Waals surface area contributed by atoms with Crippen LogP contribution in [0.5, 0.6) is 0 Å². The number of likely N-dealkylation sites (tertiary alicyclic amines) is 1. The summed E-state index contributed by atoms with van der Waals surface area (Å²) in [4.78, 5) is 18.8. The number of nitrogens with zero attached hydrogens (tertiary/aromatic N) is 2. The van der Waals surface area contributed by atoms with Crippen molar-refractivity contribution < 1.29 is 13.2 Å². The number of fused-ring (bicyclic) bond motifs is 2. The first-order chi connectivity index (χ1) is 13.0. The summed E-state index contributed by atoms with van der Waals surface area (Å²) in [7, 11) is -3.04. The van der Waals surface area contributed by atoms with Crippen molar-refractivity contribution in [2.45, 2.75) is 17.9 Å². The molecule has 0 saturated carbocycles. The van der Waals surface area contributed by atoms with Gasteiger partial charge in [-0.25, -0.2) is 8.42 Å². The summed E-state index contributed by atoms with van der Waals surface area (Å²) in [5.41, 5.74) is 4.26. The second kappa shape index (κ2) is 5.89. The zero-order valence-electron chi connectivity index (χ0n) is 14.7. The molecule has 5 rings (SSSR count). The molecule has 0 unspecified atom stereocenters. The van der Waals surface area contributed by atoms with Crippen molar-refractivity contribution >= 4 is 26.5 Å². The van der Waals surface area contributed by atoms with Crippen LogP contribution in [0, 0.1) is 0 Å². The Bertz CT molecular complexity index is 1200. The zero-order valence-corrected chi connectivity index (χ0v) is 15.5. The summed E-state index contributed by atoms with van der Waals surface area (Å²) < 4.78 is 23.8. The van der Waals surface area contributed by atoms with Gasteiger partial charge in [0.25, 0.3) is 5.91 Å². The largest absolute Gasteiger partial charge is 0.339 e. The predicted octanol–water partition coefficient (Wildman–Crippen LogP) is 3.18. The van der Waals surface area contributed by atoms with Crippen molar-refractivity contribution in [2.75, 3.05) is 13.1 Å². The van der Waals surface area contributed by atoms with Crippen LogP contribution in [-0.4, -0.2) is 37.3 Å². The minimum absolute atomic E-state index is 0.0611. The van der Waals surface area contributed by atoms with Crippen LogP contribution in [0.1, 0.15) is 27.9 Å². The van der Waals surface area contributed by atoms with Crippen molar-refractivity contribution in [1.82, 2.24) is 9.88 Å². The predicted molar refractivity (Wildman–Crippen MR) is 104 cm³/mol. The van der Waals surface area contributed by atoms with Crippen LogP contribution >= 0.6 is 0 Å². The fourth-order valence-electron chi connectivity index (χ4n) is 3.82. The van der Waals surface area contributed by atoms with Gasteiger partial charge in [-0.05, 0) is 46.7 Å². The molecule has 1 amide bonds. The normalized spacial score (nSPS) is 17.6. The van der Waals surface area contributed by atoms with Crippen molar-refractivity contribution in [3.63, 3.8) is 0 Å². The molecule has 27 heavy (non-hydrogen) atoms. The number of amides is 1. The number of rotatable bonds is 2. The van der Waals surface area contributed by atoms with Gasteiger partial charge in [-0.3, -0.25) is 9.78 Å². The Morgan fingerprint density at radius 2 is 1.78 bits per heavy atom. The molecule has 2 aliphatic rings. The second-order valence-electron chi connectivity index (χ2n) is 7.28. The van der Waals surface area contributed by atoms with E-state index in [4.69, 9.17) is 0 Å². The van der Waals surface area contributed by atoms with E-state index in [1.807, 2.05) is 41.3 Å². The van der Waals surface area contributed by atoms with Crippen LogP contribution in [0.15, 0.2) is 48.8 Å². The molecule has 6 heteroatoms. The Labute approximate surface area is 157 Å². The molecule has 0 N–H and O–H groups in total. The minimum atomic E-state index is -3.04. The highest BCUT2D eigenvalue weighted by Crippen LogP contribution is 2.33. The Balaban J connectivity index is 1.62. The fourth-order valence-corrected chi connectivity index (χ4v) is 5.42. The van der Waals surface area contributed by atoms with E-state index in [2.05, 4.69) is 4.98 Å². The van der Waals surface area contributed by atoms with Crippen molar-refractivity contribution in [2.24, 2.45) is 0 Å². The van der Waals surface area contributed by atoms with Gasteiger partial charge in [0, 0.05) is 42.0 Å². The Morgan fingerprint density at radius 3 is 2.56 bits per heavy atom. The topological polar surface area (TPSA) is 67.3 Å². The van der Waals surface area contributed by atoms with Gasteiger partial charge in [-0.15, -0.1) is 0 Å². The van der Waals surface area contributed by atoms with E-state index in [0.717, 1.165) is 52.5 Å². The molecule has 0 bridgehead atoms. The quantitative estimate of drug-likeness (QED) is 0.687. The lowest BCUT2D eigenvalue weighted by Gasteiger charge is -2.31. The number of hydrogen-bond acceptors (Lipinski definition) is 4. The maximum atomic E-state index is 12.6. The number of carbonyl (C=O) groups is 1. The molecule has 5 nitrogen and oxygen atoms in total. The number of pyridine rings is 1. The van der Waals surface area contributed by atoms with Crippen LogP contribution in [-0.2, 0) is 21.3 Å².